The molecule has 232 valence electrons. The molecule has 4 N–H and O–H groups in total. The van der Waals surface area contributed by atoms with Gasteiger partial charge in [0.15, 0.2) is 5.78 Å². The average Bonchev–Trinajstić information content (AvgIpc) is 2.97. The van der Waals surface area contributed by atoms with Crippen molar-refractivity contribution in [2.75, 3.05) is 5.32 Å². The molecule has 1 heterocycles. The van der Waals surface area contributed by atoms with E-state index in [2.05, 4.69) is 23.3 Å². The van der Waals surface area contributed by atoms with Gasteiger partial charge in [0.25, 0.3) is 5.91 Å². The number of benzene rings is 3. The van der Waals surface area contributed by atoms with Gasteiger partial charge in [-0.2, -0.15) is 0 Å². The molecular weight excluding hydrogens is 572 g/mol. The first kappa shape index (κ1) is 34.4. The number of aliphatic hydroxyl groups excluding tert-OH is 1. The highest BCUT2D eigenvalue weighted by Gasteiger charge is 2.17. The van der Waals surface area contributed by atoms with Gasteiger partial charge in [0.2, 0.25) is 0 Å². The number of halogens is 1. The fourth-order valence-corrected chi connectivity index (χ4v) is 5.09. The fraction of sp³-hybridized carbons (Fsp3) is 0.333. The van der Waals surface area contributed by atoms with Gasteiger partial charge in [-0.15, -0.1) is 0 Å². The third-order valence-electron chi connectivity index (χ3n) is 7.00. The van der Waals surface area contributed by atoms with Crippen LogP contribution < -0.4 is 11.1 Å². The summed E-state index contributed by atoms with van der Waals surface area (Å²) >= 11 is 6.43. The van der Waals surface area contributed by atoms with E-state index in [0.29, 0.717) is 39.8 Å². The number of pyridine rings is 1. The Bertz CT molecular complexity index is 1610. The molecule has 0 aliphatic rings. The van der Waals surface area contributed by atoms with Gasteiger partial charge in [0.05, 0.1) is 22.6 Å². The van der Waals surface area contributed by atoms with Gasteiger partial charge in [0.1, 0.15) is 6.23 Å². The number of Topliss-reactive ketones (excluding diaryl/α,β-unsaturated/α-hetero) is 1. The van der Waals surface area contributed by atoms with Gasteiger partial charge in [-0.05, 0) is 88.1 Å². The average molecular weight is 615 g/mol. The van der Waals surface area contributed by atoms with Crippen molar-refractivity contribution in [3.63, 3.8) is 0 Å². The van der Waals surface area contributed by atoms with Gasteiger partial charge in [-0.25, -0.2) is 9.98 Å². The highest BCUT2D eigenvalue weighted by Crippen LogP contribution is 2.32. The number of ketones is 1. The molecular formula is C36H43ClN4O3. The number of fused-ring (bicyclic) bond motifs is 1. The van der Waals surface area contributed by atoms with E-state index in [1.165, 1.54) is 0 Å². The summed E-state index contributed by atoms with van der Waals surface area (Å²) < 4.78 is 0. The second kappa shape index (κ2) is 16.7. The largest absolute Gasteiger partial charge is 0.388 e. The van der Waals surface area contributed by atoms with Crippen molar-refractivity contribution in [3.8, 4) is 11.3 Å². The predicted molar refractivity (Wildman–Crippen MR) is 183 cm³/mol. The van der Waals surface area contributed by atoms with Crippen molar-refractivity contribution in [1.29, 1.82) is 0 Å². The minimum absolute atomic E-state index is 0.103. The molecule has 0 aliphatic carbocycles. The molecule has 8 heteroatoms. The number of aliphatic imine (C=N–C) groups is 1. The van der Waals surface area contributed by atoms with E-state index < -0.39 is 6.23 Å². The lowest BCUT2D eigenvalue weighted by molar-refractivity contribution is 0.0980. The van der Waals surface area contributed by atoms with Crippen molar-refractivity contribution < 1.29 is 14.7 Å². The standard InChI is InChI=1S/C28H25ClN2O2.C8H18N2O/c1-4-7-26(32)19-10-12-20(13-11-19)30-28(33)23-16-25(21-8-5-6-9-24(21)29)31-27-18(3)14-17(2)15-22(23)27;1-3-4-5-6-8(11)10-7(2)9/h5-6,8-16H,4,7H2,1-3H3,(H,30,33);8,11H,3-6H2,1-2H3,(H2,9,10). The number of hydrogen-bond acceptors (Lipinski definition) is 5. The first-order valence-corrected chi connectivity index (χ1v) is 15.5. The SMILES string of the molecule is CCCC(=O)c1ccc(NC(=O)c2cc(-c3ccccc3Cl)nc3c(C)cc(C)cc23)cc1.CCCCCC(O)/N=C(/C)N. The van der Waals surface area contributed by atoms with Crippen LogP contribution in [0.1, 0.15) is 91.1 Å². The Hall–Kier alpha value is -4.07. The zero-order chi connectivity index (χ0) is 32.2. The molecule has 4 aromatic rings. The lowest BCUT2D eigenvalue weighted by Crippen LogP contribution is -2.13. The molecule has 0 fully saturated rings. The topological polar surface area (TPSA) is 118 Å². The number of hydrogen-bond donors (Lipinski definition) is 3. The molecule has 0 radical (unpaired) electrons. The summed E-state index contributed by atoms with van der Waals surface area (Å²) in [7, 11) is 0. The second-order valence-corrected chi connectivity index (χ2v) is 11.4. The van der Waals surface area contributed by atoms with Crippen LogP contribution in [0.4, 0.5) is 5.69 Å². The number of aromatic nitrogens is 1. The Kier molecular flexibility index (Phi) is 13.1. The number of rotatable bonds is 11. The van der Waals surface area contributed by atoms with Crippen LogP contribution in [0, 0.1) is 13.8 Å². The lowest BCUT2D eigenvalue weighted by atomic mass is 9.99. The molecule has 7 nitrogen and oxygen atoms in total. The van der Waals surface area contributed by atoms with Crippen LogP contribution in [0.15, 0.2) is 71.7 Å². The number of nitrogens with two attached hydrogens (primary N) is 1. The number of carbonyl (C=O) groups excluding carboxylic acids is 2. The summed E-state index contributed by atoms with van der Waals surface area (Å²) in [5, 5.41) is 13.5. The van der Waals surface area contributed by atoms with Gasteiger partial charge < -0.3 is 16.2 Å². The molecule has 0 saturated heterocycles. The van der Waals surface area contributed by atoms with Gasteiger partial charge in [0, 0.05) is 33.6 Å². The van der Waals surface area contributed by atoms with Gasteiger partial charge in [-0.1, -0.05) is 68.1 Å². The van der Waals surface area contributed by atoms with Gasteiger partial charge >= 0.3 is 0 Å². The number of nitrogens with zero attached hydrogens (tertiary/aromatic N) is 2. The molecule has 1 unspecified atom stereocenters. The number of aliphatic hydroxyl groups is 1. The van der Waals surface area contributed by atoms with E-state index in [0.717, 1.165) is 59.7 Å². The first-order valence-electron chi connectivity index (χ1n) is 15.1. The van der Waals surface area contributed by atoms with E-state index in [-0.39, 0.29) is 11.7 Å². The number of aryl methyl sites for hydroxylation is 2. The minimum Gasteiger partial charge on any atom is -0.388 e. The van der Waals surface area contributed by atoms with Crippen LogP contribution >= 0.6 is 11.6 Å². The zero-order valence-corrected chi connectivity index (χ0v) is 27.0. The summed E-state index contributed by atoms with van der Waals surface area (Å²) in [5.41, 5.74) is 11.3. The van der Waals surface area contributed by atoms with E-state index in [1.54, 1.807) is 37.3 Å². The molecule has 3 aromatic carbocycles. The highest BCUT2D eigenvalue weighted by atomic mass is 35.5. The molecule has 4 rings (SSSR count). The van der Waals surface area contributed by atoms with Crippen molar-refractivity contribution in [2.45, 2.75) is 79.4 Å². The molecule has 0 saturated carbocycles. The van der Waals surface area contributed by atoms with E-state index in [4.69, 9.17) is 22.3 Å². The van der Waals surface area contributed by atoms with Crippen LogP contribution in [0.2, 0.25) is 5.02 Å². The van der Waals surface area contributed by atoms with E-state index in [1.807, 2.05) is 51.1 Å². The quantitative estimate of drug-likeness (QED) is 0.0676. The smallest absolute Gasteiger partial charge is 0.256 e. The van der Waals surface area contributed by atoms with Crippen molar-refractivity contribution in [1.82, 2.24) is 4.98 Å². The summed E-state index contributed by atoms with van der Waals surface area (Å²) in [6, 6.07) is 20.3. The molecule has 1 amide bonds. The second-order valence-electron chi connectivity index (χ2n) is 11.0. The number of anilines is 1. The Morgan fingerprint density at radius 1 is 1.00 bits per heavy atom. The predicted octanol–water partition coefficient (Wildman–Crippen LogP) is 8.67. The Morgan fingerprint density at radius 3 is 2.34 bits per heavy atom. The Morgan fingerprint density at radius 2 is 1.70 bits per heavy atom. The monoisotopic (exact) mass is 614 g/mol. The van der Waals surface area contributed by atoms with Gasteiger partial charge in [-0.3, -0.25) is 9.59 Å². The first-order chi connectivity index (χ1) is 21.0. The molecule has 1 atom stereocenters. The maximum absolute atomic E-state index is 13.4. The summed E-state index contributed by atoms with van der Waals surface area (Å²) in [6.45, 7) is 9.79. The van der Waals surface area contributed by atoms with Crippen LogP contribution in [-0.4, -0.2) is 33.8 Å². The normalized spacial score (nSPS) is 11.9. The third kappa shape index (κ3) is 9.73. The Balaban J connectivity index is 0.000000411. The number of unbranched alkanes of at least 4 members (excludes halogenated alkanes) is 2. The van der Waals surface area contributed by atoms with Crippen molar-refractivity contribution in [3.05, 3.63) is 94.0 Å². The molecule has 0 spiro atoms. The van der Waals surface area contributed by atoms with Crippen molar-refractivity contribution in [2.24, 2.45) is 10.7 Å². The molecule has 1 aromatic heterocycles. The number of carbonyl (C=O) groups is 2. The summed E-state index contributed by atoms with van der Waals surface area (Å²) in [6.07, 6.45) is 4.79. The maximum atomic E-state index is 13.4. The molecule has 0 aliphatic heterocycles. The maximum Gasteiger partial charge on any atom is 0.256 e. The van der Waals surface area contributed by atoms with Crippen LogP contribution in [0.5, 0.6) is 0 Å². The van der Waals surface area contributed by atoms with E-state index >= 15 is 0 Å². The molecule has 0 bridgehead atoms. The fourth-order valence-electron chi connectivity index (χ4n) is 4.86. The lowest BCUT2D eigenvalue weighted by Gasteiger charge is -2.14. The summed E-state index contributed by atoms with van der Waals surface area (Å²) in [4.78, 5) is 34.1. The number of amides is 1. The van der Waals surface area contributed by atoms with Crippen molar-refractivity contribution >= 4 is 45.7 Å². The number of nitrogens with one attached hydrogen (secondary N) is 1. The third-order valence-corrected chi connectivity index (χ3v) is 7.33. The molecule has 44 heavy (non-hydrogen) atoms. The highest BCUT2D eigenvalue weighted by molar-refractivity contribution is 6.33. The number of amidine groups is 1. The van der Waals surface area contributed by atoms with Crippen LogP contribution in [0.3, 0.4) is 0 Å². The minimum atomic E-state index is -0.591. The zero-order valence-electron chi connectivity index (χ0n) is 26.3. The van der Waals surface area contributed by atoms with Crippen LogP contribution in [0.25, 0.3) is 22.2 Å². The Labute approximate surface area is 265 Å². The van der Waals surface area contributed by atoms with Crippen LogP contribution in [-0.2, 0) is 0 Å². The van der Waals surface area contributed by atoms with E-state index in [9.17, 15) is 14.7 Å². The summed E-state index contributed by atoms with van der Waals surface area (Å²) in [5.74, 6) is 0.313.